The molecule has 2 aliphatic rings. The maximum absolute atomic E-state index is 12.9. The number of amides is 2. The third-order valence-electron chi connectivity index (χ3n) is 5.98. The predicted octanol–water partition coefficient (Wildman–Crippen LogP) is 1.86. The van der Waals surface area contributed by atoms with E-state index < -0.39 is 0 Å². The van der Waals surface area contributed by atoms with Gasteiger partial charge in [0, 0.05) is 37.4 Å². The number of aryl methyl sites for hydroxylation is 1. The monoisotopic (exact) mass is 367 g/mol. The lowest BCUT2D eigenvalue weighted by atomic mass is 9.62. The Morgan fingerprint density at radius 2 is 2.19 bits per heavy atom. The highest BCUT2D eigenvalue weighted by atomic mass is 16.2. The van der Waals surface area contributed by atoms with Crippen molar-refractivity contribution in [3.63, 3.8) is 0 Å². The normalized spacial score (nSPS) is 20.5. The van der Waals surface area contributed by atoms with Crippen LogP contribution in [0.1, 0.15) is 42.2 Å². The smallest absolute Gasteiger partial charge is 0.257 e. The Morgan fingerprint density at radius 1 is 1.33 bits per heavy atom. The molecule has 1 spiro atoms. The lowest BCUT2D eigenvalue weighted by Gasteiger charge is -2.41. The van der Waals surface area contributed by atoms with E-state index in [4.69, 9.17) is 0 Å². The Bertz CT molecular complexity index is 828. The van der Waals surface area contributed by atoms with Gasteiger partial charge in [0.2, 0.25) is 5.91 Å². The molecule has 1 saturated carbocycles. The fourth-order valence-electron chi connectivity index (χ4n) is 4.26. The van der Waals surface area contributed by atoms with E-state index in [1.54, 1.807) is 23.3 Å². The van der Waals surface area contributed by atoms with E-state index in [0.29, 0.717) is 25.2 Å². The van der Waals surface area contributed by atoms with Gasteiger partial charge in [0.15, 0.2) is 0 Å². The van der Waals surface area contributed by atoms with Gasteiger partial charge < -0.3 is 10.2 Å². The molecule has 2 aromatic heterocycles. The molecule has 1 saturated heterocycles. The average molecular weight is 367 g/mol. The van der Waals surface area contributed by atoms with Crippen molar-refractivity contribution in [1.29, 1.82) is 0 Å². The topological polar surface area (TPSA) is 80.1 Å². The molecule has 1 aliphatic carbocycles. The highest BCUT2D eigenvalue weighted by molar-refractivity contribution is 5.94. The van der Waals surface area contributed by atoms with Crippen molar-refractivity contribution in [2.45, 2.75) is 39.3 Å². The predicted molar refractivity (Wildman–Crippen MR) is 99.7 cm³/mol. The number of pyridine rings is 1. The second kappa shape index (κ2) is 7.13. The van der Waals surface area contributed by atoms with E-state index >= 15 is 0 Å². The van der Waals surface area contributed by atoms with Gasteiger partial charge in [0.1, 0.15) is 0 Å². The summed E-state index contributed by atoms with van der Waals surface area (Å²) in [5.74, 6) is -0.152. The van der Waals surface area contributed by atoms with Crippen molar-refractivity contribution in [2.75, 3.05) is 13.1 Å². The Balaban J connectivity index is 1.44. The highest BCUT2D eigenvalue weighted by Gasteiger charge is 2.54. The molecule has 7 heteroatoms. The first-order valence-electron chi connectivity index (χ1n) is 9.61. The summed E-state index contributed by atoms with van der Waals surface area (Å²) in [7, 11) is 0. The minimum atomic E-state index is -0.153. The number of aromatic nitrogens is 3. The number of likely N-dealkylation sites (tertiary alicyclic amines) is 1. The fraction of sp³-hybridized carbons (Fsp3) is 0.500. The van der Waals surface area contributed by atoms with Crippen molar-refractivity contribution in [1.82, 2.24) is 25.0 Å². The zero-order chi connectivity index (χ0) is 18.9. The molecule has 1 N–H and O–H groups in total. The lowest BCUT2D eigenvalue weighted by molar-refractivity contribution is -0.129. The van der Waals surface area contributed by atoms with Crippen LogP contribution in [-0.2, 0) is 17.9 Å². The SMILES string of the molecule is CCn1cc(C(=O)N2CC(C(=O)NCc3ccccn3)C3(CCC3)C2)cn1. The van der Waals surface area contributed by atoms with E-state index in [2.05, 4.69) is 15.4 Å². The molecule has 1 aliphatic heterocycles. The molecule has 1 unspecified atom stereocenters. The molecule has 0 aromatic carbocycles. The quantitative estimate of drug-likeness (QED) is 0.875. The molecule has 7 nitrogen and oxygen atoms in total. The summed E-state index contributed by atoms with van der Waals surface area (Å²) in [5.41, 5.74) is 1.37. The molecule has 0 bridgehead atoms. The molecule has 4 rings (SSSR count). The van der Waals surface area contributed by atoms with Crippen molar-refractivity contribution >= 4 is 11.8 Å². The van der Waals surface area contributed by atoms with E-state index in [1.165, 1.54) is 0 Å². The zero-order valence-corrected chi connectivity index (χ0v) is 15.6. The summed E-state index contributed by atoms with van der Waals surface area (Å²) in [5, 5.41) is 7.22. The summed E-state index contributed by atoms with van der Waals surface area (Å²) < 4.78 is 1.75. The minimum Gasteiger partial charge on any atom is -0.350 e. The Morgan fingerprint density at radius 3 is 2.81 bits per heavy atom. The van der Waals surface area contributed by atoms with Crippen LogP contribution >= 0.6 is 0 Å². The van der Waals surface area contributed by atoms with Crippen LogP contribution in [0.25, 0.3) is 0 Å². The van der Waals surface area contributed by atoms with E-state index in [-0.39, 0.29) is 23.1 Å². The van der Waals surface area contributed by atoms with Gasteiger partial charge in [-0.3, -0.25) is 19.3 Å². The molecule has 3 heterocycles. The summed E-state index contributed by atoms with van der Waals surface area (Å²) in [6, 6.07) is 5.67. The van der Waals surface area contributed by atoms with Crippen LogP contribution in [-0.4, -0.2) is 44.6 Å². The maximum Gasteiger partial charge on any atom is 0.257 e. The second-order valence-electron chi connectivity index (χ2n) is 7.58. The minimum absolute atomic E-state index is 0.0269. The first kappa shape index (κ1) is 17.7. The standard InChI is InChI=1S/C20H25N5O2/c1-2-25-12-15(10-23-25)19(27)24-13-17(20(14-24)7-5-8-20)18(26)22-11-16-6-3-4-9-21-16/h3-4,6,9-10,12,17H,2,5,7-8,11,13-14H2,1H3,(H,22,26). The van der Waals surface area contributed by atoms with Crippen molar-refractivity contribution < 1.29 is 9.59 Å². The maximum atomic E-state index is 12.9. The summed E-state index contributed by atoms with van der Waals surface area (Å²) >= 11 is 0. The van der Waals surface area contributed by atoms with Gasteiger partial charge in [-0.25, -0.2) is 0 Å². The highest BCUT2D eigenvalue weighted by Crippen LogP contribution is 2.51. The summed E-state index contributed by atoms with van der Waals surface area (Å²) in [6.07, 6.45) is 8.26. The van der Waals surface area contributed by atoms with Gasteiger partial charge in [-0.1, -0.05) is 12.5 Å². The molecule has 2 aromatic rings. The van der Waals surface area contributed by atoms with E-state index in [1.807, 2.05) is 30.0 Å². The van der Waals surface area contributed by atoms with E-state index in [9.17, 15) is 9.59 Å². The van der Waals surface area contributed by atoms with Crippen LogP contribution in [0.4, 0.5) is 0 Å². The number of rotatable bonds is 5. The van der Waals surface area contributed by atoms with Crippen molar-refractivity contribution in [3.8, 4) is 0 Å². The fourth-order valence-corrected chi connectivity index (χ4v) is 4.26. The number of nitrogens with one attached hydrogen (secondary N) is 1. The molecular weight excluding hydrogens is 342 g/mol. The zero-order valence-electron chi connectivity index (χ0n) is 15.6. The number of carbonyl (C=O) groups is 2. The lowest BCUT2D eigenvalue weighted by Crippen LogP contribution is -2.45. The molecular formula is C20H25N5O2. The van der Waals surface area contributed by atoms with Crippen LogP contribution in [0.15, 0.2) is 36.8 Å². The van der Waals surface area contributed by atoms with Gasteiger partial charge in [-0.05, 0) is 31.9 Å². The van der Waals surface area contributed by atoms with Crippen LogP contribution in [0.2, 0.25) is 0 Å². The van der Waals surface area contributed by atoms with Crippen molar-refractivity contribution in [2.24, 2.45) is 11.3 Å². The van der Waals surface area contributed by atoms with Crippen molar-refractivity contribution in [3.05, 3.63) is 48.0 Å². The average Bonchev–Trinajstić information content (AvgIpc) is 3.31. The number of nitrogens with zero attached hydrogens (tertiary/aromatic N) is 4. The van der Waals surface area contributed by atoms with Gasteiger partial charge in [-0.2, -0.15) is 5.10 Å². The van der Waals surface area contributed by atoms with Crippen LogP contribution in [0, 0.1) is 11.3 Å². The number of carbonyl (C=O) groups excluding carboxylic acids is 2. The van der Waals surface area contributed by atoms with Crippen LogP contribution in [0.3, 0.4) is 0 Å². The Kier molecular flexibility index (Phi) is 4.68. The third kappa shape index (κ3) is 3.34. The van der Waals surface area contributed by atoms with Gasteiger partial charge in [-0.15, -0.1) is 0 Å². The molecule has 27 heavy (non-hydrogen) atoms. The largest absolute Gasteiger partial charge is 0.350 e. The number of hydrogen-bond donors (Lipinski definition) is 1. The molecule has 0 radical (unpaired) electrons. The summed E-state index contributed by atoms with van der Waals surface area (Å²) in [6.45, 7) is 4.27. The van der Waals surface area contributed by atoms with E-state index in [0.717, 1.165) is 31.5 Å². The number of hydrogen-bond acceptors (Lipinski definition) is 4. The third-order valence-corrected chi connectivity index (χ3v) is 5.98. The van der Waals surface area contributed by atoms with Crippen LogP contribution in [0.5, 0.6) is 0 Å². The molecule has 2 fully saturated rings. The Labute approximate surface area is 158 Å². The van der Waals surface area contributed by atoms with Gasteiger partial charge >= 0.3 is 0 Å². The molecule has 142 valence electrons. The van der Waals surface area contributed by atoms with Gasteiger partial charge in [0.25, 0.3) is 5.91 Å². The van der Waals surface area contributed by atoms with Gasteiger partial charge in [0.05, 0.1) is 29.9 Å². The summed E-state index contributed by atoms with van der Waals surface area (Å²) in [4.78, 5) is 31.9. The first-order chi connectivity index (χ1) is 13.1. The Hall–Kier alpha value is -2.70. The first-order valence-corrected chi connectivity index (χ1v) is 9.61. The second-order valence-corrected chi connectivity index (χ2v) is 7.58. The molecule has 1 atom stereocenters. The van der Waals surface area contributed by atoms with Crippen LogP contribution < -0.4 is 5.32 Å². The molecule has 2 amide bonds.